The maximum atomic E-state index is 10.9. The van der Waals surface area contributed by atoms with E-state index in [-0.39, 0.29) is 10.7 Å². The highest BCUT2D eigenvalue weighted by molar-refractivity contribution is 6.32. The van der Waals surface area contributed by atoms with Crippen LogP contribution in [0.25, 0.3) is 11.3 Å². The summed E-state index contributed by atoms with van der Waals surface area (Å²) in [5.74, 6) is 1.37. The Morgan fingerprint density at radius 2 is 2.10 bits per heavy atom. The lowest BCUT2D eigenvalue weighted by Crippen LogP contribution is -2.21. The number of hydrogen-bond acceptors (Lipinski definition) is 4. The summed E-state index contributed by atoms with van der Waals surface area (Å²) in [6.07, 6.45) is 0. The van der Waals surface area contributed by atoms with E-state index in [0.717, 1.165) is 5.76 Å². The first-order valence-electron chi connectivity index (χ1n) is 6.24. The lowest BCUT2D eigenvalue weighted by molar-refractivity contribution is -0.384. The second-order valence-corrected chi connectivity index (χ2v) is 5.13. The lowest BCUT2D eigenvalue weighted by atomic mass is 10.1. The SMILES string of the molecule is CC(C)NCc1ccc(-c2ccc(Cl)c([N+](=O)[O-])c2)o1. The third kappa shape index (κ3) is 3.37. The van der Waals surface area contributed by atoms with E-state index in [1.54, 1.807) is 12.1 Å². The van der Waals surface area contributed by atoms with Crippen molar-refractivity contribution < 1.29 is 9.34 Å². The Hall–Kier alpha value is -1.85. The maximum absolute atomic E-state index is 10.9. The normalized spacial score (nSPS) is 11.0. The van der Waals surface area contributed by atoms with Gasteiger partial charge in [-0.3, -0.25) is 10.1 Å². The summed E-state index contributed by atoms with van der Waals surface area (Å²) >= 11 is 5.79. The van der Waals surface area contributed by atoms with Crippen molar-refractivity contribution in [3.8, 4) is 11.3 Å². The molecule has 0 unspecified atom stereocenters. The third-order valence-electron chi connectivity index (χ3n) is 2.77. The summed E-state index contributed by atoms with van der Waals surface area (Å²) in [5, 5.41) is 14.2. The molecular weight excluding hydrogens is 280 g/mol. The van der Waals surface area contributed by atoms with E-state index in [1.807, 2.05) is 19.9 Å². The van der Waals surface area contributed by atoms with Gasteiger partial charge in [0.2, 0.25) is 0 Å². The first-order chi connectivity index (χ1) is 9.47. The predicted octanol–water partition coefficient (Wildman–Crippen LogP) is 4.01. The molecule has 0 spiro atoms. The highest BCUT2D eigenvalue weighted by atomic mass is 35.5. The fourth-order valence-electron chi connectivity index (χ4n) is 1.74. The lowest BCUT2D eigenvalue weighted by Gasteiger charge is -2.05. The van der Waals surface area contributed by atoms with Crippen LogP contribution in [0.4, 0.5) is 5.69 Å². The molecule has 1 N–H and O–H groups in total. The van der Waals surface area contributed by atoms with Gasteiger partial charge in [-0.25, -0.2) is 0 Å². The van der Waals surface area contributed by atoms with Crippen molar-refractivity contribution in [2.45, 2.75) is 26.4 Å². The number of benzene rings is 1. The molecule has 5 nitrogen and oxygen atoms in total. The standard InChI is InChI=1S/C14H15ClN2O3/c1-9(2)16-8-11-4-6-14(20-11)10-3-5-12(15)13(7-10)17(18)19/h3-7,9,16H,8H2,1-2H3. The van der Waals surface area contributed by atoms with Gasteiger partial charge in [0.1, 0.15) is 16.5 Å². The van der Waals surface area contributed by atoms with E-state index < -0.39 is 4.92 Å². The monoisotopic (exact) mass is 294 g/mol. The Balaban J connectivity index is 2.24. The number of nitrogens with zero attached hydrogens (tertiary/aromatic N) is 1. The first kappa shape index (κ1) is 14.6. The average Bonchev–Trinajstić information content (AvgIpc) is 2.85. The minimum absolute atomic E-state index is 0.118. The highest BCUT2D eigenvalue weighted by Crippen LogP contribution is 2.31. The molecule has 0 radical (unpaired) electrons. The molecule has 0 saturated carbocycles. The molecule has 0 aliphatic rings. The van der Waals surface area contributed by atoms with E-state index in [4.69, 9.17) is 16.0 Å². The molecule has 0 aliphatic carbocycles. The zero-order chi connectivity index (χ0) is 14.7. The van der Waals surface area contributed by atoms with Crippen LogP contribution in [0.1, 0.15) is 19.6 Å². The molecule has 6 heteroatoms. The number of rotatable bonds is 5. The van der Waals surface area contributed by atoms with Crippen LogP contribution >= 0.6 is 11.6 Å². The number of furan rings is 1. The van der Waals surface area contributed by atoms with Gasteiger partial charge in [0, 0.05) is 17.7 Å². The van der Waals surface area contributed by atoms with Crippen molar-refractivity contribution in [1.82, 2.24) is 5.32 Å². The van der Waals surface area contributed by atoms with Gasteiger partial charge in [-0.15, -0.1) is 0 Å². The molecule has 2 rings (SSSR count). The molecule has 0 atom stereocenters. The van der Waals surface area contributed by atoms with Gasteiger partial charge in [0.15, 0.2) is 0 Å². The molecule has 2 aromatic rings. The van der Waals surface area contributed by atoms with Gasteiger partial charge in [-0.2, -0.15) is 0 Å². The number of nitro groups is 1. The Morgan fingerprint density at radius 3 is 2.75 bits per heavy atom. The molecular formula is C14H15ClN2O3. The first-order valence-corrected chi connectivity index (χ1v) is 6.61. The molecule has 20 heavy (non-hydrogen) atoms. The Morgan fingerprint density at radius 1 is 1.35 bits per heavy atom. The highest BCUT2D eigenvalue weighted by Gasteiger charge is 2.15. The van der Waals surface area contributed by atoms with E-state index >= 15 is 0 Å². The number of halogens is 1. The summed E-state index contributed by atoms with van der Waals surface area (Å²) < 4.78 is 5.67. The molecule has 0 amide bonds. The van der Waals surface area contributed by atoms with Crippen LogP contribution in [-0.2, 0) is 6.54 Å². The summed E-state index contributed by atoms with van der Waals surface area (Å²) in [7, 11) is 0. The Kier molecular flexibility index (Phi) is 4.42. The van der Waals surface area contributed by atoms with Crippen LogP contribution in [0.2, 0.25) is 5.02 Å². The zero-order valence-corrected chi connectivity index (χ0v) is 12.0. The zero-order valence-electron chi connectivity index (χ0n) is 11.2. The van der Waals surface area contributed by atoms with Gasteiger partial charge in [-0.1, -0.05) is 25.4 Å². The molecule has 0 fully saturated rings. The minimum atomic E-state index is -0.504. The number of nitrogens with one attached hydrogen (secondary N) is 1. The van der Waals surface area contributed by atoms with Crippen LogP contribution in [0, 0.1) is 10.1 Å². The summed E-state index contributed by atoms with van der Waals surface area (Å²) in [6, 6.07) is 8.63. The largest absolute Gasteiger partial charge is 0.460 e. The third-order valence-corrected chi connectivity index (χ3v) is 3.09. The molecule has 1 aromatic carbocycles. The van der Waals surface area contributed by atoms with Crippen molar-refractivity contribution in [3.05, 3.63) is 51.2 Å². The van der Waals surface area contributed by atoms with Crippen LogP contribution in [0.15, 0.2) is 34.7 Å². The topological polar surface area (TPSA) is 68.3 Å². The Bertz CT molecular complexity index is 623. The van der Waals surface area contributed by atoms with Gasteiger partial charge in [0.05, 0.1) is 11.5 Å². The van der Waals surface area contributed by atoms with Crippen molar-refractivity contribution in [2.75, 3.05) is 0 Å². The van der Waals surface area contributed by atoms with Crippen LogP contribution in [-0.4, -0.2) is 11.0 Å². The van der Waals surface area contributed by atoms with E-state index in [0.29, 0.717) is 23.9 Å². The predicted molar refractivity (Wildman–Crippen MR) is 77.8 cm³/mol. The molecule has 1 aromatic heterocycles. The second-order valence-electron chi connectivity index (χ2n) is 4.72. The second kappa shape index (κ2) is 6.07. The summed E-state index contributed by atoms with van der Waals surface area (Å²) in [6.45, 7) is 4.71. The van der Waals surface area contributed by atoms with Gasteiger partial charge in [-0.05, 0) is 24.3 Å². The van der Waals surface area contributed by atoms with E-state index in [1.165, 1.54) is 12.1 Å². The average molecular weight is 295 g/mol. The fourth-order valence-corrected chi connectivity index (χ4v) is 1.93. The van der Waals surface area contributed by atoms with Crippen LogP contribution in [0.5, 0.6) is 0 Å². The molecule has 106 valence electrons. The fraction of sp³-hybridized carbons (Fsp3) is 0.286. The summed E-state index contributed by atoms with van der Waals surface area (Å²) in [4.78, 5) is 10.4. The smallest absolute Gasteiger partial charge is 0.288 e. The molecule has 0 bridgehead atoms. The van der Waals surface area contributed by atoms with E-state index in [2.05, 4.69) is 5.32 Å². The van der Waals surface area contributed by atoms with Crippen molar-refractivity contribution in [2.24, 2.45) is 0 Å². The van der Waals surface area contributed by atoms with Gasteiger partial charge in [0.25, 0.3) is 5.69 Å². The minimum Gasteiger partial charge on any atom is -0.460 e. The van der Waals surface area contributed by atoms with Crippen LogP contribution < -0.4 is 5.32 Å². The van der Waals surface area contributed by atoms with Crippen molar-refractivity contribution in [1.29, 1.82) is 0 Å². The quantitative estimate of drug-likeness (QED) is 0.668. The summed E-state index contributed by atoms with van der Waals surface area (Å²) in [5.41, 5.74) is 0.513. The Labute approximate surface area is 121 Å². The van der Waals surface area contributed by atoms with E-state index in [9.17, 15) is 10.1 Å². The van der Waals surface area contributed by atoms with Crippen LogP contribution in [0.3, 0.4) is 0 Å². The molecule has 0 saturated heterocycles. The van der Waals surface area contributed by atoms with Crippen molar-refractivity contribution >= 4 is 17.3 Å². The van der Waals surface area contributed by atoms with Gasteiger partial charge < -0.3 is 9.73 Å². The number of hydrogen-bond donors (Lipinski definition) is 1. The molecule has 1 heterocycles. The number of nitro benzene ring substituents is 1. The maximum Gasteiger partial charge on any atom is 0.288 e. The molecule has 0 aliphatic heterocycles. The van der Waals surface area contributed by atoms with Gasteiger partial charge >= 0.3 is 0 Å². The van der Waals surface area contributed by atoms with Crippen molar-refractivity contribution in [3.63, 3.8) is 0 Å².